The van der Waals surface area contributed by atoms with Gasteiger partial charge in [-0.1, -0.05) is 6.92 Å². The van der Waals surface area contributed by atoms with Crippen molar-refractivity contribution in [3.8, 4) is 0 Å². The fraction of sp³-hybridized carbons (Fsp3) is 0.583. The van der Waals surface area contributed by atoms with Crippen molar-refractivity contribution in [1.82, 2.24) is 10.2 Å². The highest BCUT2D eigenvalue weighted by Gasteiger charge is 2.26. The number of anilines is 1. The molecule has 5 nitrogen and oxygen atoms in total. The van der Waals surface area contributed by atoms with Crippen molar-refractivity contribution in [2.75, 3.05) is 11.4 Å². The minimum atomic E-state index is -0.935. The number of carboxylic acid groups (broad SMARTS) is 1. The van der Waals surface area contributed by atoms with E-state index in [9.17, 15) is 4.79 Å². The van der Waals surface area contributed by atoms with Crippen molar-refractivity contribution in [1.29, 1.82) is 0 Å². The van der Waals surface area contributed by atoms with Gasteiger partial charge in [-0.2, -0.15) is 5.10 Å². The molecule has 1 unspecified atom stereocenters. The molecule has 0 radical (unpaired) electrons. The van der Waals surface area contributed by atoms with E-state index in [1.807, 2.05) is 0 Å². The van der Waals surface area contributed by atoms with E-state index in [0.717, 1.165) is 25.8 Å². The van der Waals surface area contributed by atoms with Crippen molar-refractivity contribution in [3.63, 3.8) is 0 Å². The fourth-order valence-corrected chi connectivity index (χ4v) is 2.41. The maximum Gasteiger partial charge on any atom is 0.339 e. The molecule has 1 saturated heterocycles. The Morgan fingerprint density at radius 3 is 3.12 bits per heavy atom. The molecule has 1 aliphatic heterocycles. The van der Waals surface area contributed by atoms with Crippen LogP contribution in [0, 0.1) is 0 Å². The predicted molar refractivity (Wildman–Crippen MR) is 64.3 cm³/mol. The van der Waals surface area contributed by atoms with Crippen LogP contribution >= 0.6 is 0 Å². The van der Waals surface area contributed by atoms with Gasteiger partial charge in [-0.25, -0.2) is 4.79 Å². The molecule has 1 aromatic rings. The standard InChI is InChI=1S/C12H17N3O2/c1-2-9-5-3-4-8-15(9)11-10(12(16)17)6-7-13-14-11/h6-7,9H,2-5,8H2,1H3,(H,16,17). The molecule has 0 saturated carbocycles. The van der Waals surface area contributed by atoms with Gasteiger partial charge in [-0.15, -0.1) is 5.10 Å². The second-order valence-corrected chi connectivity index (χ2v) is 4.32. The van der Waals surface area contributed by atoms with E-state index in [-0.39, 0.29) is 5.56 Å². The molecular formula is C12H17N3O2. The van der Waals surface area contributed by atoms with Crippen molar-refractivity contribution in [2.45, 2.75) is 38.6 Å². The molecule has 2 heterocycles. The van der Waals surface area contributed by atoms with Gasteiger partial charge in [0.05, 0.1) is 6.20 Å². The summed E-state index contributed by atoms with van der Waals surface area (Å²) in [6.07, 6.45) is 5.84. The van der Waals surface area contributed by atoms with E-state index in [1.165, 1.54) is 18.7 Å². The summed E-state index contributed by atoms with van der Waals surface area (Å²) >= 11 is 0. The number of aromatic carboxylic acids is 1. The first-order valence-corrected chi connectivity index (χ1v) is 6.05. The minimum Gasteiger partial charge on any atom is -0.478 e. The number of piperidine rings is 1. The first-order chi connectivity index (χ1) is 8.24. The zero-order chi connectivity index (χ0) is 12.3. The maximum absolute atomic E-state index is 11.2. The van der Waals surface area contributed by atoms with Gasteiger partial charge in [0.2, 0.25) is 0 Å². The van der Waals surface area contributed by atoms with Crippen LogP contribution in [0.1, 0.15) is 43.0 Å². The number of hydrogen-bond acceptors (Lipinski definition) is 4. The van der Waals surface area contributed by atoms with Gasteiger partial charge in [0, 0.05) is 12.6 Å². The Labute approximate surface area is 100 Å². The molecule has 2 rings (SSSR count). The second-order valence-electron chi connectivity index (χ2n) is 4.32. The largest absolute Gasteiger partial charge is 0.478 e. The van der Waals surface area contributed by atoms with Crippen molar-refractivity contribution in [2.24, 2.45) is 0 Å². The molecule has 1 fully saturated rings. The molecule has 5 heteroatoms. The summed E-state index contributed by atoms with van der Waals surface area (Å²) < 4.78 is 0. The Morgan fingerprint density at radius 2 is 2.41 bits per heavy atom. The highest BCUT2D eigenvalue weighted by atomic mass is 16.4. The van der Waals surface area contributed by atoms with E-state index < -0.39 is 5.97 Å². The van der Waals surface area contributed by atoms with Crippen LogP contribution in [0.4, 0.5) is 5.82 Å². The van der Waals surface area contributed by atoms with Crippen molar-refractivity contribution in [3.05, 3.63) is 17.8 Å². The molecule has 17 heavy (non-hydrogen) atoms. The lowest BCUT2D eigenvalue weighted by Gasteiger charge is -2.36. The molecule has 0 spiro atoms. The number of hydrogen-bond donors (Lipinski definition) is 1. The number of aromatic nitrogens is 2. The normalized spacial score (nSPS) is 20.3. The minimum absolute atomic E-state index is 0.250. The van der Waals surface area contributed by atoms with Crippen molar-refractivity contribution < 1.29 is 9.90 Å². The molecule has 1 N–H and O–H groups in total. The van der Waals surface area contributed by atoms with Crippen LogP contribution in [0.3, 0.4) is 0 Å². The van der Waals surface area contributed by atoms with Crippen LogP contribution in [-0.2, 0) is 0 Å². The molecule has 1 aliphatic rings. The van der Waals surface area contributed by atoms with Gasteiger partial charge in [-0.3, -0.25) is 0 Å². The number of rotatable bonds is 3. The Kier molecular flexibility index (Phi) is 3.56. The van der Waals surface area contributed by atoms with E-state index in [2.05, 4.69) is 22.0 Å². The summed E-state index contributed by atoms with van der Waals surface area (Å²) in [5.74, 6) is -0.415. The predicted octanol–water partition coefficient (Wildman–Crippen LogP) is 1.94. The average Bonchev–Trinajstić information content (AvgIpc) is 2.38. The first kappa shape index (κ1) is 11.8. The average molecular weight is 235 g/mol. The quantitative estimate of drug-likeness (QED) is 0.867. The van der Waals surface area contributed by atoms with Crippen LogP contribution < -0.4 is 4.90 Å². The van der Waals surface area contributed by atoms with E-state index in [4.69, 9.17) is 5.11 Å². The topological polar surface area (TPSA) is 66.3 Å². The molecule has 1 atom stereocenters. The third-order valence-electron chi connectivity index (χ3n) is 3.30. The summed E-state index contributed by atoms with van der Waals surface area (Å²) in [5.41, 5.74) is 0.250. The molecule has 0 aliphatic carbocycles. The van der Waals surface area contributed by atoms with E-state index >= 15 is 0 Å². The third-order valence-corrected chi connectivity index (χ3v) is 3.30. The highest BCUT2D eigenvalue weighted by molar-refractivity contribution is 5.93. The SMILES string of the molecule is CCC1CCCCN1c1nnccc1C(=O)O. The highest BCUT2D eigenvalue weighted by Crippen LogP contribution is 2.26. The molecule has 0 bridgehead atoms. The summed E-state index contributed by atoms with van der Waals surface area (Å²) in [6, 6.07) is 1.91. The molecule has 0 aromatic carbocycles. The second kappa shape index (κ2) is 5.12. The number of carbonyl (C=O) groups is 1. The summed E-state index contributed by atoms with van der Waals surface area (Å²) in [4.78, 5) is 13.3. The molecule has 1 aromatic heterocycles. The van der Waals surface area contributed by atoms with Crippen LogP contribution in [0.25, 0.3) is 0 Å². The number of carboxylic acids is 1. The summed E-state index contributed by atoms with van der Waals surface area (Å²) in [5, 5.41) is 17.0. The van der Waals surface area contributed by atoms with Gasteiger partial charge in [0.25, 0.3) is 0 Å². The van der Waals surface area contributed by atoms with Crippen LogP contribution in [0.5, 0.6) is 0 Å². The Morgan fingerprint density at radius 1 is 1.59 bits per heavy atom. The zero-order valence-electron chi connectivity index (χ0n) is 9.96. The number of nitrogens with zero attached hydrogens (tertiary/aromatic N) is 3. The van der Waals surface area contributed by atoms with Gasteiger partial charge in [-0.05, 0) is 31.7 Å². The Hall–Kier alpha value is -1.65. The Balaban J connectivity index is 2.34. The van der Waals surface area contributed by atoms with Gasteiger partial charge in [0.1, 0.15) is 5.56 Å². The Bertz CT molecular complexity index is 408. The fourth-order valence-electron chi connectivity index (χ4n) is 2.41. The van der Waals surface area contributed by atoms with Gasteiger partial charge < -0.3 is 10.0 Å². The monoisotopic (exact) mass is 235 g/mol. The zero-order valence-corrected chi connectivity index (χ0v) is 9.96. The summed E-state index contributed by atoms with van der Waals surface area (Å²) in [7, 11) is 0. The lowest BCUT2D eigenvalue weighted by molar-refractivity contribution is 0.0696. The lowest BCUT2D eigenvalue weighted by Crippen LogP contribution is -2.40. The van der Waals surface area contributed by atoms with Crippen LogP contribution in [-0.4, -0.2) is 33.9 Å². The lowest BCUT2D eigenvalue weighted by atomic mass is 9.99. The third kappa shape index (κ3) is 2.38. The first-order valence-electron chi connectivity index (χ1n) is 6.05. The van der Waals surface area contributed by atoms with Crippen LogP contribution in [0.2, 0.25) is 0 Å². The maximum atomic E-state index is 11.2. The molecule has 92 valence electrons. The van der Waals surface area contributed by atoms with E-state index in [1.54, 1.807) is 0 Å². The van der Waals surface area contributed by atoms with Crippen molar-refractivity contribution >= 4 is 11.8 Å². The van der Waals surface area contributed by atoms with Gasteiger partial charge in [0.15, 0.2) is 5.82 Å². The van der Waals surface area contributed by atoms with E-state index in [0.29, 0.717) is 11.9 Å². The van der Waals surface area contributed by atoms with Gasteiger partial charge >= 0.3 is 5.97 Å². The summed E-state index contributed by atoms with van der Waals surface area (Å²) in [6.45, 7) is 3.00. The smallest absolute Gasteiger partial charge is 0.339 e. The molecular weight excluding hydrogens is 218 g/mol. The molecule has 0 amide bonds. The van der Waals surface area contributed by atoms with Crippen LogP contribution in [0.15, 0.2) is 12.3 Å².